The number of aryl methyl sites for hydroxylation is 2. The van der Waals surface area contributed by atoms with Crippen molar-refractivity contribution < 1.29 is 24.0 Å². The summed E-state index contributed by atoms with van der Waals surface area (Å²) in [7, 11) is 0. The summed E-state index contributed by atoms with van der Waals surface area (Å²) in [4.78, 5) is 40.8. The van der Waals surface area contributed by atoms with Gasteiger partial charge in [-0.15, -0.1) is 0 Å². The molecule has 0 spiro atoms. The number of rotatable bonds is 8. The summed E-state index contributed by atoms with van der Waals surface area (Å²) in [5.41, 5.74) is 6.43. The van der Waals surface area contributed by atoms with Crippen LogP contribution in [-0.2, 0) is 32.2 Å². The average molecular weight is 553 g/mol. The van der Waals surface area contributed by atoms with E-state index in [2.05, 4.69) is 60.0 Å². The molecule has 1 aliphatic carbocycles. The molecule has 41 heavy (non-hydrogen) atoms. The molecular weight excluding hydrogens is 516 g/mol. The van der Waals surface area contributed by atoms with Crippen LogP contribution in [0.2, 0.25) is 0 Å². The van der Waals surface area contributed by atoms with Gasteiger partial charge < -0.3 is 14.1 Å². The molecule has 7 nitrogen and oxygen atoms in total. The second-order valence-electron chi connectivity index (χ2n) is 11.5. The second kappa shape index (κ2) is 11.0. The average Bonchev–Trinajstić information content (AvgIpc) is 3.36. The maximum Gasteiger partial charge on any atom is 0.331 e. The zero-order valence-electron chi connectivity index (χ0n) is 24.5. The molecule has 0 radical (unpaired) electrons. The molecule has 1 saturated carbocycles. The number of fused-ring (bicyclic) bond motifs is 3. The summed E-state index contributed by atoms with van der Waals surface area (Å²) in [6.07, 6.45) is 1.01. The molecule has 1 atom stereocenters. The second-order valence-corrected chi connectivity index (χ2v) is 11.5. The highest BCUT2D eigenvalue weighted by atomic mass is 16.7. The first-order valence-electron chi connectivity index (χ1n) is 14.1. The van der Waals surface area contributed by atoms with Gasteiger partial charge in [0, 0.05) is 41.7 Å². The molecule has 3 aromatic carbocycles. The molecule has 4 aromatic rings. The third-order valence-corrected chi connectivity index (χ3v) is 8.25. The SMILES string of the molecule is CCn1c2ccc(Cc3ccc(OCC4CC(=O)C(C)(C)C4=O)cc3C)cc2c2cc(C(C)=NOC(C)=O)ccc21. The minimum Gasteiger partial charge on any atom is -0.493 e. The molecular formula is C34H36N2O5. The first-order chi connectivity index (χ1) is 19.5. The Kier molecular flexibility index (Phi) is 7.56. The van der Waals surface area contributed by atoms with Crippen LogP contribution in [0.1, 0.15) is 63.3 Å². The Bertz CT molecular complexity index is 1730. The summed E-state index contributed by atoms with van der Waals surface area (Å²) in [5.74, 6) is -0.169. The van der Waals surface area contributed by atoms with E-state index in [4.69, 9.17) is 9.57 Å². The third kappa shape index (κ3) is 5.41. The van der Waals surface area contributed by atoms with Crippen LogP contribution in [0.25, 0.3) is 21.8 Å². The molecule has 1 unspecified atom stereocenters. The Balaban J connectivity index is 1.38. The van der Waals surface area contributed by atoms with E-state index in [9.17, 15) is 14.4 Å². The van der Waals surface area contributed by atoms with Crippen LogP contribution >= 0.6 is 0 Å². The van der Waals surface area contributed by atoms with Crippen LogP contribution in [0.3, 0.4) is 0 Å². The van der Waals surface area contributed by atoms with Crippen LogP contribution in [0.15, 0.2) is 59.8 Å². The monoisotopic (exact) mass is 552 g/mol. The predicted molar refractivity (Wildman–Crippen MR) is 160 cm³/mol. The zero-order valence-corrected chi connectivity index (χ0v) is 24.5. The van der Waals surface area contributed by atoms with Gasteiger partial charge in [0.15, 0.2) is 5.78 Å². The van der Waals surface area contributed by atoms with Crippen molar-refractivity contribution in [3.8, 4) is 5.75 Å². The van der Waals surface area contributed by atoms with Gasteiger partial charge in [0.05, 0.1) is 23.7 Å². The number of ketones is 2. The molecule has 0 amide bonds. The van der Waals surface area contributed by atoms with Crippen molar-refractivity contribution in [3.05, 3.63) is 76.9 Å². The summed E-state index contributed by atoms with van der Waals surface area (Å²) >= 11 is 0. The number of oxime groups is 1. The molecule has 0 saturated heterocycles. The van der Waals surface area contributed by atoms with Gasteiger partial charge in [0.2, 0.25) is 0 Å². The quantitative estimate of drug-likeness (QED) is 0.107. The van der Waals surface area contributed by atoms with Crippen LogP contribution in [-0.4, -0.2) is 34.4 Å². The molecule has 212 valence electrons. The lowest BCUT2D eigenvalue weighted by Crippen LogP contribution is -2.28. The standard InChI is InChI=1S/C34H36N2O5/c1-7-36-30-12-8-23(16-28(30)29-17-25(10-13-31(29)36)21(3)35-41-22(4)37)15-24-9-11-27(14-20(24)2)40-19-26-18-32(38)34(5,6)33(26)39/h8-14,16-17,26H,7,15,18-19H2,1-6H3. The number of hydrogen-bond donors (Lipinski definition) is 0. The molecule has 1 heterocycles. The third-order valence-electron chi connectivity index (χ3n) is 8.25. The fourth-order valence-corrected chi connectivity index (χ4v) is 5.74. The number of hydrogen-bond acceptors (Lipinski definition) is 6. The first kappa shape index (κ1) is 28.3. The van der Waals surface area contributed by atoms with Crippen molar-refractivity contribution in [3.63, 3.8) is 0 Å². The normalized spacial score (nSPS) is 17.0. The minimum atomic E-state index is -0.907. The Morgan fingerprint density at radius 2 is 1.71 bits per heavy atom. The van der Waals surface area contributed by atoms with Crippen LogP contribution in [0.4, 0.5) is 0 Å². The van der Waals surface area contributed by atoms with E-state index in [0.717, 1.165) is 40.4 Å². The van der Waals surface area contributed by atoms with Gasteiger partial charge in [-0.2, -0.15) is 0 Å². The Hall–Kier alpha value is -4.26. The van der Waals surface area contributed by atoms with Crippen molar-refractivity contribution in [2.75, 3.05) is 6.61 Å². The minimum absolute atomic E-state index is 0.0110. The van der Waals surface area contributed by atoms with Gasteiger partial charge in [0.1, 0.15) is 11.5 Å². The zero-order chi connectivity index (χ0) is 29.5. The number of Topliss-reactive ketones (excluding diaryl/α,β-unsaturated/α-hetero) is 2. The number of ether oxygens (including phenoxy) is 1. The number of carbonyl (C=O) groups is 3. The lowest BCUT2D eigenvalue weighted by molar-refractivity contribution is -0.141. The fourth-order valence-electron chi connectivity index (χ4n) is 5.74. The van der Waals surface area contributed by atoms with Gasteiger partial charge in [-0.3, -0.25) is 9.59 Å². The summed E-state index contributed by atoms with van der Waals surface area (Å²) in [5, 5.41) is 6.26. The van der Waals surface area contributed by atoms with Crippen molar-refractivity contribution in [2.24, 2.45) is 16.5 Å². The highest BCUT2D eigenvalue weighted by molar-refractivity contribution is 6.13. The van der Waals surface area contributed by atoms with E-state index in [-0.39, 0.29) is 30.5 Å². The molecule has 1 aromatic heterocycles. The van der Waals surface area contributed by atoms with Gasteiger partial charge in [0.25, 0.3) is 0 Å². The Morgan fingerprint density at radius 1 is 1.00 bits per heavy atom. The van der Waals surface area contributed by atoms with E-state index in [1.165, 1.54) is 23.6 Å². The van der Waals surface area contributed by atoms with Crippen LogP contribution < -0.4 is 4.74 Å². The predicted octanol–water partition coefficient (Wildman–Crippen LogP) is 6.56. The van der Waals surface area contributed by atoms with Crippen molar-refractivity contribution in [1.29, 1.82) is 0 Å². The lowest BCUT2D eigenvalue weighted by atomic mass is 9.88. The summed E-state index contributed by atoms with van der Waals surface area (Å²) < 4.78 is 8.26. The van der Waals surface area contributed by atoms with Crippen molar-refractivity contribution in [2.45, 2.75) is 60.9 Å². The van der Waals surface area contributed by atoms with Gasteiger partial charge in [-0.25, -0.2) is 4.79 Å². The summed E-state index contributed by atoms with van der Waals surface area (Å²) in [6.45, 7) is 11.8. The fraction of sp³-hybridized carbons (Fsp3) is 0.353. The van der Waals surface area contributed by atoms with Crippen molar-refractivity contribution >= 4 is 45.1 Å². The maximum absolute atomic E-state index is 12.6. The van der Waals surface area contributed by atoms with E-state index < -0.39 is 11.4 Å². The molecule has 1 fully saturated rings. The molecule has 1 aliphatic rings. The molecule has 0 N–H and O–H groups in total. The Morgan fingerprint density at radius 3 is 2.34 bits per heavy atom. The number of nitrogens with zero attached hydrogens (tertiary/aromatic N) is 2. The maximum atomic E-state index is 12.6. The Labute approximate surface area is 240 Å². The van der Waals surface area contributed by atoms with Crippen LogP contribution in [0.5, 0.6) is 5.75 Å². The van der Waals surface area contributed by atoms with E-state index >= 15 is 0 Å². The van der Waals surface area contributed by atoms with Gasteiger partial charge >= 0.3 is 5.97 Å². The summed E-state index contributed by atoms with van der Waals surface area (Å²) in [6, 6.07) is 18.8. The molecule has 7 heteroatoms. The molecule has 0 aliphatic heterocycles. The molecule has 5 rings (SSSR count). The molecule has 0 bridgehead atoms. The van der Waals surface area contributed by atoms with E-state index in [1.807, 2.05) is 25.1 Å². The number of benzene rings is 3. The van der Waals surface area contributed by atoms with Gasteiger partial charge in [-0.1, -0.05) is 23.4 Å². The topological polar surface area (TPSA) is 87.0 Å². The highest BCUT2D eigenvalue weighted by Crippen LogP contribution is 2.35. The van der Waals surface area contributed by atoms with E-state index in [0.29, 0.717) is 11.5 Å². The van der Waals surface area contributed by atoms with Crippen LogP contribution in [0, 0.1) is 18.3 Å². The van der Waals surface area contributed by atoms with E-state index in [1.54, 1.807) is 13.8 Å². The first-order valence-corrected chi connectivity index (χ1v) is 14.1. The number of aromatic nitrogens is 1. The largest absolute Gasteiger partial charge is 0.493 e. The lowest BCUT2D eigenvalue weighted by Gasteiger charge is -2.15. The highest BCUT2D eigenvalue weighted by Gasteiger charge is 2.47. The smallest absolute Gasteiger partial charge is 0.331 e. The number of carbonyl (C=O) groups excluding carboxylic acids is 3. The van der Waals surface area contributed by atoms with Gasteiger partial charge in [-0.05, 0) is 99.7 Å². The van der Waals surface area contributed by atoms with Crippen molar-refractivity contribution in [1.82, 2.24) is 4.57 Å².